The van der Waals surface area contributed by atoms with Crippen molar-refractivity contribution < 1.29 is 4.79 Å². The minimum absolute atomic E-state index is 0.122. The number of nitrogens with one attached hydrogen (secondary N) is 1. The molecule has 1 rings (SSSR count). The Balaban J connectivity index is 2.85. The maximum atomic E-state index is 11.6. The number of aryl methyl sites for hydroxylation is 1. The van der Waals surface area contributed by atoms with Crippen LogP contribution in [-0.4, -0.2) is 13.0 Å². The first-order valence-electron chi connectivity index (χ1n) is 6.30. The highest BCUT2D eigenvalue weighted by molar-refractivity contribution is 5.76. The van der Waals surface area contributed by atoms with Crippen molar-refractivity contribution in [2.45, 2.75) is 39.5 Å². The minimum atomic E-state index is 0.122. The molecule has 0 aliphatic rings. The van der Waals surface area contributed by atoms with Crippen LogP contribution in [-0.2, 0) is 4.79 Å². The van der Waals surface area contributed by atoms with Crippen LogP contribution in [0.5, 0.6) is 0 Å². The highest BCUT2D eigenvalue weighted by Gasteiger charge is 2.16. The summed E-state index contributed by atoms with van der Waals surface area (Å²) in [6, 6.07) is 8.48. The zero-order valence-corrected chi connectivity index (χ0v) is 11.3. The van der Waals surface area contributed by atoms with E-state index in [2.05, 4.69) is 50.4 Å². The van der Waals surface area contributed by atoms with Crippen molar-refractivity contribution in [2.24, 2.45) is 5.92 Å². The summed E-state index contributed by atoms with van der Waals surface area (Å²) in [5, 5.41) is 2.71. The number of rotatable bonds is 5. The lowest BCUT2D eigenvalue weighted by Crippen LogP contribution is -2.21. The minimum Gasteiger partial charge on any atom is -0.359 e. The normalized spacial score (nSPS) is 12.5. The predicted octanol–water partition coefficient (Wildman–Crippen LogP) is 3.26. The number of hydrogen-bond acceptors (Lipinski definition) is 1. The maximum absolute atomic E-state index is 11.6. The Morgan fingerprint density at radius 2 is 2.06 bits per heavy atom. The molecule has 17 heavy (non-hydrogen) atoms. The van der Waals surface area contributed by atoms with Gasteiger partial charge in [-0.3, -0.25) is 4.79 Å². The molecule has 1 N–H and O–H groups in total. The van der Waals surface area contributed by atoms with Crippen molar-refractivity contribution in [3.8, 4) is 0 Å². The highest BCUT2D eigenvalue weighted by atomic mass is 16.1. The van der Waals surface area contributed by atoms with Crippen LogP contribution in [0.4, 0.5) is 0 Å². The van der Waals surface area contributed by atoms with E-state index in [4.69, 9.17) is 0 Å². The number of amides is 1. The van der Waals surface area contributed by atoms with Gasteiger partial charge >= 0.3 is 0 Å². The van der Waals surface area contributed by atoms with Gasteiger partial charge in [0, 0.05) is 13.5 Å². The van der Waals surface area contributed by atoms with Crippen molar-refractivity contribution in [1.82, 2.24) is 5.32 Å². The van der Waals surface area contributed by atoms with Crippen LogP contribution >= 0.6 is 0 Å². The molecule has 0 saturated carbocycles. The molecule has 1 aromatic rings. The Kier molecular flexibility index (Phi) is 5.20. The Morgan fingerprint density at radius 3 is 2.59 bits per heavy atom. The first-order valence-corrected chi connectivity index (χ1v) is 6.30. The number of hydrogen-bond donors (Lipinski definition) is 1. The Labute approximate surface area is 104 Å². The van der Waals surface area contributed by atoms with E-state index in [0.717, 1.165) is 6.42 Å². The molecule has 0 aliphatic heterocycles. The molecule has 0 aliphatic carbocycles. The quantitative estimate of drug-likeness (QED) is 0.831. The Hall–Kier alpha value is -1.31. The zero-order valence-electron chi connectivity index (χ0n) is 11.3. The molecule has 0 spiro atoms. The molecule has 94 valence electrons. The second-order valence-corrected chi connectivity index (χ2v) is 5.12. The Bertz CT molecular complexity index is 371. The smallest absolute Gasteiger partial charge is 0.220 e. The molecule has 0 bridgehead atoms. The summed E-state index contributed by atoms with van der Waals surface area (Å²) in [7, 11) is 1.70. The largest absolute Gasteiger partial charge is 0.359 e. The lowest BCUT2D eigenvalue weighted by atomic mass is 9.87. The van der Waals surface area contributed by atoms with Gasteiger partial charge in [0.2, 0.25) is 5.91 Å². The highest BCUT2D eigenvalue weighted by Crippen LogP contribution is 2.27. The van der Waals surface area contributed by atoms with Crippen LogP contribution in [0.1, 0.15) is 43.7 Å². The topological polar surface area (TPSA) is 29.1 Å². The molecule has 0 saturated heterocycles. The van der Waals surface area contributed by atoms with Crippen molar-refractivity contribution >= 4 is 5.91 Å². The molecule has 0 radical (unpaired) electrons. The summed E-state index contributed by atoms with van der Waals surface area (Å²) in [6.07, 6.45) is 1.63. The third-order valence-corrected chi connectivity index (χ3v) is 2.98. The van der Waals surface area contributed by atoms with E-state index in [0.29, 0.717) is 18.3 Å². The van der Waals surface area contributed by atoms with Crippen LogP contribution in [0.3, 0.4) is 0 Å². The third kappa shape index (κ3) is 4.59. The number of carbonyl (C=O) groups excluding carboxylic acids is 1. The molecule has 2 nitrogen and oxygen atoms in total. The average Bonchev–Trinajstić information content (AvgIpc) is 2.27. The molecule has 0 fully saturated rings. The van der Waals surface area contributed by atoms with Gasteiger partial charge in [0.1, 0.15) is 0 Å². The van der Waals surface area contributed by atoms with Gasteiger partial charge in [0.05, 0.1) is 0 Å². The van der Waals surface area contributed by atoms with E-state index in [1.54, 1.807) is 7.05 Å². The van der Waals surface area contributed by atoms with Gasteiger partial charge in [0.25, 0.3) is 0 Å². The maximum Gasteiger partial charge on any atom is 0.220 e. The summed E-state index contributed by atoms with van der Waals surface area (Å²) in [6.45, 7) is 6.50. The fraction of sp³-hybridized carbons (Fsp3) is 0.533. The summed E-state index contributed by atoms with van der Waals surface area (Å²) in [5.74, 6) is 1.05. The summed E-state index contributed by atoms with van der Waals surface area (Å²) in [4.78, 5) is 11.6. The third-order valence-electron chi connectivity index (χ3n) is 2.98. The van der Waals surface area contributed by atoms with Crippen LogP contribution in [0.25, 0.3) is 0 Å². The van der Waals surface area contributed by atoms with Crippen molar-refractivity contribution in [1.29, 1.82) is 0 Å². The first kappa shape index (κ1) is 13.8. The summed E-state index contributed by atoms with van der Waals surface area (Å²) >= 11 is 0. The van der Waals surface area contributed by atoms with E-state index >= 15 is 0 Å². The lowest BCUT2D eigenvalue weighted by molar-refractivity contribution is -0.121. The van der Waals surface area contributed by atoms with E-state index in [1.807, 2.05) is 0 Å². The lowest BCUT2D eigenvalue weighted by Gasteiger charge is -2.19. The number of carbonyl (C=O) groups is 1. The van der Waals surface area contributed by atoms with Crippen LogP contribution in [0.15, 0.2) is 24.3 Å². The zero-order chi connectivity index (χ0) is 12.8. The summed E-state index contributed by atoms with van der Waals surface area (Å²) < 4.78 is 0. The molecule has 2 heteroatoms. The van der Waals surface area contributed by atoms with Crippen molar-refractivity contribution in [3.63, 3.8) is 0 Å². The number of benzene rings is 1. The van der Waals surface area contributed by atoms with E-state index in [1.165, 1.54) is 11.1 Å². The van der Waals surface area contributed by atoms with E-state index < -0.39 is 0 Å². The molecule has 1 amide bonds. The molecule has 0 aromatic heterocycles. The van der Waals surface area contributed by atoms with Crippen molar-refractivity contribution in [3.05, 3.63) is 35.4 Å². The second-order valence-electron chi connectivity index (χ2n) is 5.12. The molecule has 1 aromatic carbocycles. The van der Waals surface area contributed by atoms with Gasteiger partial charge in [-0.15, -0.1) is 0 Å². The van der Waals surface area contributed by atoms with E-state index in [-0.39, 0.29) is 5.91 Å². The molecule has 1 atom stereocenters. The predicted molar refractivity (Wildman–Crippen MR) is 72.1 cm³/mol. The van der Waals surface area contributed by atoms with Gasteiger partial charge in [0.15, 0.2) is 0 Å². The molecule has 1 unspecified atom stereocenters. The van der Waals surface area contributed by atoms with Gasteiger partial charge in [-0.05, 0) is 30.7 Å². The van der Waals surface area contributed by atoms with Gasteiger partial charge in [-0.25, -0.2) is 0 Å². The summed E-state index contributed by atoms with van der Waals surface area (Å²) in [5.41, 5.74) is 2.54. The average molecular weight is 233 g/mol. The van der Waals surface area contributed by atoms with Crippen molar-refractivity contribution in [2.75, 3.05) is 7.05 Å². The van der Waals surface area contributed by atoms with Crippen LogP contribution in [0, 0.1) is 12.8 Å². The van der Waals surface area contributed by atoms with E-state index in [9.17, 15) is 4.79 Å². The van der Waals surface area contributed by atoms with Gasteiger partial charge in [-0.2, -0.15) is 0 Å². The fourth-order valence-corrected chi connectivity index (χ4v) is 2.16. The van der Waals surface area contributed by atoms with Crippen LogP contribution in [0.2, 0.25) is 0 Å². The molecular weight excluding hydrogens is 210 g/mol. The fourth-order valence-electron chi connectivity index (χ4n) is 2.16. The second kappa shape index (κ2) is 6.43. The van der Waals surface area contributed by atoms with Gasteiger partial charge < -0.3 is 5.32 Å². The molecular formula is C15H23NO. The Morgan fingerprint density at radius 1 is 1.35 bits per heavy atom. The van der Waals surface area contributed by atoms with Gasteiger partial charge in [-0.1, -0.05) is 43.7 Å². The first-order chi connectivity index (χ1) is 8.02. The van der Waals surface area contributed by atoms with Crippen LogP contribution < -0.4 is 5.32 Å². The monoisotopic (exact) mass is 233 g/mol. The SMILES string of the molecule is CNC(=O)CC(CC(C)C)c1cccc(C)c1. The molecule has 0 heterocycles. The standard InChI is InChI=1S/C15H23NO/c1-11(2)8-14(10-15(17)16-4)13-7-5-6-12(3)9-13/h5-7,9,11,14H,8,10H2,1-4H3,(H,16,17).